The lowest BCUT2D eigenvalue weighted by atomic mass is 10.2. The molecule has 1 unspecified atom stereocenters. The van der Waals surface area contributed by atoms with Crippen molar-refractivity contribution in [1.82, 2.24) is 4.90 Å². The van der Waals surface area contributed by atoms with Crippen LogP contribution in [-0.4, -0.2) is 48.9 Å². The van der Waals surface area contributed by atoms with E-state index in [2.05, 4.69) is 15.9 Å². The molecule has 1 fully saturated rings. The van der Waals surface area contributed by atoms with Crippen LogP contribution in [0.15, 0.2) is 22.7 Å². The first-order valence-electron chi connectivity index (χ1n) is 5.83. The fraction of sp³-hybridized carbons (Fsp3) is 0.417. The molecule has 0 radical (unpaired) electrons. The number of nitrogens with zero attached hydrogens (tertiary/aromatic N) is 1. The molecule has 110 valence electrons. The molecule has 1 amide bonds. The quantitative estimate of drug-likeness (QED) is 0.787. The third kappa shape index (κ3) is 3.35. The van der Waals surface area contributed by atoms with Gasteiger partial charge in [0.05, 0.1) is 5.56 Å². The summed E-state index contributed by atoms with van der Waals surface area (Å²) in [7, 11) is -3.35. The number of carbonyl (C=O) groups is 1. The second kappa shape index (κ2) is 6.03. The average Bonchev–Trinajstić information content (AvgIpc) is 2.37. The highest BCUT2D eigenvalue weighted by atomic mass is 79.9. The maximum absolute atomic E-state index is 13.1. The average molecular weight is 382 g/mol. The van der Waals surface area contributed by atoms with Crippen molar-refractivity contribution in [1.29, 1.82) is 0 Å². The lowest BCUT2D eigenvalue weighted by Crippen LogP contribution is -2.50. The van der Waals surface area contributed by atoms with Crippen LogP contribution in [0.25, 0.3) is 0 Å². The van der Waals surface area contributed by atoms with Gasteiger partial charge in [0.25, 0.3) is 5.91 Å². The number of hydrogen-bond donors (Lipinski definition) is 0. The van der Waals surface area contributed by atoms with Crippen molar-refractivity contribution in [3.8, 4) is 0 Å². The lowest BCUT2D eigenvalue weighted by molar-refractivity contribution is 0.0748. The van der Waals surface area contributed by atoms with Crippen LogP contribution in [0.1, 0.15) is 10.4 Å². The standard InChI is InChI=1S/C12H13BrFNO3S2/c1-20(17,18)11-7-19-5-4-15(11)12(16)9-3-2-8(14)6-10(9)13/h2-3,6,11H,4-5,7H2,1H3. The van der Waals surface area contributed by atoms with Crippen LogP contribution in [0.2, 0.25) is 0 Å². The Labute approximate surface area is 129 Å². The fourth-order valence-corrected chi connectivity index (χ4v) is 5.32. The van der Waals surface area contributed by atoms with Gasteiger partial charge in [0.2, 0.25) is 0 Å². The number of thioether (sulfide) groups is 1. The molecule has 0 aromatic heterocycles. The van der Waals surface area contributed by atoms with Gasteiger partial charge in [0, 0.05) is 28.8 Å². The third-order valence-electron chi connectivity index (χ3n) is 3.00. The smallest absolute Gasteiger partial charge is 0.256 e. The highest BCUT2D eigenvalue weighted by Gasteiger charge is 2.35. The van der Waals surface area contributed by atoms with Crippen molar-refractivity contribution in [3.05, 3.63) is 34.1 Å². The predicted octanol–water partition coefficient (Wildman–Crippen LogP) is 2.15. The van der Waals surface area contributed by atoms with Crippen molar-refractivity contribution >= 4 is 43.4 Å². The number of rotatable bonds is 2. The van der Waals surface area contributed by atoms with Gasteiger partial charge < -0.3 is 4.90 Å². The third-order valence-corrected chi connectivity index (χ3v) is 6.30. The van der Waals surface area contributed by atoms with Crippen LogP contribution in [-0.2, 0) is 9.84 Å². The Kier molecular flexibility index (Phi) is 4.76. The molecule has 0 spiro atoms. The molecule has 1 saturated heterocycles. The second-order valence-corrected chi connectivity index (χ2v) is 8.69. The van der Waals surface area contributed by atoms with Gasteiger partial charge in [-0.2, -0.15) is 11.8 Å². The molecule has 20 heavy (non-hydrogen) atoms. The molecule has 0 aliphatic carbocycles. The van der Waals surface area contributed by atoms with Crippen molar-refractivity contribution in [2.75, 3.05) is 24.3 Å². The molecule has 1 aromatic carbocycles. The van der Waals surface area contributed by atoms with Gasteiger partial charge in [-0.25, -0.2) is 12.8 Å². The highest BCUT2D eigenvalue weighted by Crippen LogP contribution is 2.25. The minimum absolute atomic E-state index is 0.270. The minimum atomic E-state index is -3.35. The van der Waals surface area contributed by atoms with E-state index in [0.717, 1.165) is 6.26 Å². The molecular formula is C12H13BrFNO3S2. The Morgan fingerprint density at radius 3 is 2.80 bits per heavy atom. The number of halogens is 2. The molecule has 8 heteroatoms. The van der Waals surface area contributed by atoms with E-state index < -0.39 is 26.9 Å². The number of hydrogen-bond acceptors (Lipinski definition) is 4. The van der Waals surface area contributed by atoms with Gasteiger partial charge in [0.1, 0.15) is 11.2 Å². The molecule has 1 aliphatic rings. The summed E-state index contributed by atoms with van der Waals surface area (Å²) in [6.07, 6.45) is 1.13. The Balaban J connectivity index is 2.35. The monoisotopic (exact) mass is 381 g/mol. The highest BCUT2D eigenvalue weighted by molar-refractivity contribution is 9.10. The normalized spacial score (nSPS) is 19.9. The zero-order valence-electron chi connectivity index (χ0n) is 10.7. The molecule has 0 N–H and O–H groups in total. The van der Waals surface area contributed by atoms with Gasteiger partial charge in [0.15, 0.2) is 9.84 Å². The topological polar surface area (TPSA) is 54.5 Å². The van der Waals surface area contributed by atoms with Crippen molar-refractivity contribution in [3.63, 3.8) is 0 Å². The summed E-state index contributed by atoms with van der Waals surface area (Å²) in [4.78, 5) is 13.8. The van der Waals surface area contributed by atoms with E-state index in [1.165, 1.54) is 34.9 Å². The minimum Gasteiger partial charge on any atom is -0.320 e. The maximum atomic E-state index is 13.1. The molecule has 4 nitrogen and oxygen atoms in total. The van der Waals surface area contributed by atoms with Crippen LogP contribution in [0.3, 0.4) is 0 Å². The van der Waals surface area contributed by atoms with E-state index in [1.54, 1.807) is 0 Å². The van der Waals surface area contributed by atoms with Gasteiger partial charge in [-0.3, -0.25) is 4.79 Å². The molecule has 1 aliphatic heterocycles. The van der Waals surface area contributed by atoms with E-state index in [-0.39, 0.29) is 5.56 Å². The first-order valence-corrected chi connectivity index (χ1v) is 9.73. The number of sulfone groups is 1. The maximum Gasteiger partial charge on any atom is 0.256 e. The molecule has 0 saturated carbocycles. The van der Waals surface area contributed by atoms with Gasteiger partial charge in [-0.15, -0.1) is 0 Å². The van der Waals surface area contributed by atoms with Gasteiger partial charge in [-0.1, -0.05) is 0 Å². The molecule has 0 bridgehead atoms. The van der Waals surface area contributed by atoms with Crippen LogP contribution >= 0.6 is 27.7 Å². The van der Waals surface area contributed by atoms with E-state index in [4.69, 9.17) is 0 Å². The summed E-state index contributed by atoms with van der Waals surface area (Å²) in [6.45, 7) is 0.366. The van der Waals surface area contributed by atoms with Crippen LogP contribution in [0.5, 0.6) is 0 Å². The summed E-state index contributed by atoms with van der Waals surface area (Å²) >= 11 is 4.65. The van der Waals surface area contributed by atoms with Crippen molar-refractivity contribution in [2.24, 2.45) is 0 Å². The Morgan fingerprint density at radius 2 is 2.20 bits per heavy atom. The number of benzene rings is 1. The SMILES string of the molecule is CS(=O)(=O)C1CSCCN1C(=O)c1ccc(F)cc1Br. The zero-order valence-corrected chi connectivity index (χ0v) is 13.9. The summed E-state index contributed by atoms with van der Waals surface area (Å²) in [6, 6.07) is 3.75. The Hall–Kier alpha value is -0.600. The molecule has 1 atom stereocenters. The van der Waals surface area contributed by atoms with Gasteiger partial charge in [-0.05, 0) is 34.1 Å². The molecule has 1 aromatic rings. The summed E-state index contributed by atoms with van der Waals surface area (Å²) < 4.78 is 37.0. The molecular weight excluding hydrogens is 369 g/mol. The predicted molar refractivity (Wildman–Crippen MR) is 81.1 cm³/mol. The van der Waals surface area contributed by atoms with Crippen molar-refractivity contribution < 1.29 is 17.6 Å². The molecule has 2 rings (SSSR count). The number of carbonyl (C=O) groups excluding carboxylic acids is 1. The van der Waals surface area contributed by atoms with E-state index in [1.807, 2.05) is 0 Å². The van der Waals surface area contributed by atoms with E-state index >= 15 is 0 Å². The zero-order chi connectivity index (χ0) is 14.9. The summed E-state index contributed by atoms with van der Waals surface area (Å²) in [5.74, 6) is 0.204. The largest absolute Gasteiger partial charge is 0.320 e. The van der Waals surface area contributed by atoms with Gasteiger partial charge >= 0.3 is 0 Å². The van der Waals surface area contributed by atoms with Crippen LogP contribution < -0.4 is 0 Å². The summed E-state index contributed by atoms with van der Waals surface area (Å²) in [5, 5.41) is -0.828. The lowest BCUT2D eigenvalue weighted by Gasteiger charge is -2.34. The summed E-state index contributed by atoms with van der Waals surface area (Å²) in [5.41, 5.74) is 0.270. The molecule has 1 heterocycles. The Morgan fingerprint density at radius 1 is 1.50 bits per heavy atom. The first-order chi connectivity index (χ1) is 9.30. The van der Waals surface area contributed by atoms with Crippen LogP contribution in [0.4, 0.5) is 4.39 Å². The first kappa shape index (κ1) is 15.8. The van der Waals surface area contributed by atoms with E-state index in [0.29, 0.717) is 22.5 Å². The second-order valence-electron chi connectivity index (χ2n) is 4.48. The van der Waals surface area contributed by atoms with E-state index in [9.17, 15) is 17.6 Å². The Bertz CT molecular complexity index is 636. The fourth-order valence-electron chi connectivity index (χ4n) is 1.99. The van der Waals surface area contributed by atoms with Crippen LogP contribution in [0, 0.1) is 5.82 Å². The number of amides is 1. The van der Waals surface area contributed by atoms with Crippen molar-refractivity contribution in [2.45, 2.75) is 5.37 Å².